The van der Waals surface area contributed by atoms with Crippen molar-refractivity contribution in [2.45, 2.75) is 32.2 Å². The highest BCUT2D eigenvalue weighted by atomic mass is 16.4. The van der Waals surface area contributed by atoms with E-state index >= 15 is 0 Å². The van der Waals surface area contributed by atoms with Crippen molar-refractivity contribution >= 4 is 12.2 Å². The summed E-state index contributed by atoms with van der Waals surface area (Å²) in [5, 5.41) is 14.8. The number of allylic oxidation sites excluding steroid dienone is 1. The van der Waals surface area contributed by atoms with E-state index in [2.05, 4.69) is 17.2 Å². The molecular formula is C15H18N2O2. The van der Waals surface area contributed by atoms with Gasteiger partial charge in [-0.25, -0.2) is 0 Å². The number of benzene rings is 1. The maximum atomic E-state index is 10.4. The van der Waals surface area contributed by atoms with Crippen LogP contribution in [0.2, 0.25) is 0 Å². The lowest BCUT2D eigenvalue weighted by Crippen LogP contribution is -2.15. The molecule has 1 heterocycles. The van der Waals surface area contributed by atoms with Crippen LogP contribution in [0.5, 0.6) is 0 Å². The zero-order chi connectivity index (χ0) is 13.5. The minimum atomic E-state index is -0.721. The summed E-state index contributed by atoms with van der Waals surface area (Å²) in [5.41, 5.74) is 2.45. The first-order valence-electron chi connectivity index (χ1n) is 6.53. The van der Waals surface area contributed by atoms with Crippen LogP contribution < -0.4 is 0 Å². The van der Waals surface area contributed by atoms with E-state index in [0.717, 1.165) is 25.8 Å². The first kappa shape index (κ1) is 13.3. The number of carboxylic acids is 1. The zero-order valence-electron chi connectivity index (χ0n) is 10.8. The van der Waals surface area contributed by atoms with Crippen LogP contribution in [0.3, 0.4) is 0 Å². The lowest BCUT2D eigenvalue weighted by atomic mass is 10.1. The summed E-state index contributed by atoms with van der Waals surface area (Å²) in [5.74, 6) is -0.721. The molecule has 0 aromatic heterocycles. The summed E-state index contributed by atoms with van der Waals surface area (Å²) < 4.78 is 0. The van der Waals surface area contributed by atoms with Crippen molar-refractivity contribution in [1.29, 1.82) is 0 Å². The number of hydrazone groups is 1. The molecule has 0 radical (unpaired) electrons. The summed E-state index contributed by atoms with van der Waals surface area (Å²) in [6.45, 7) is 0.790. The Balaban J connectivity index is 1.75. The molecule has 0 bridgehead atoms. The summed E-state index contributed by atoms with van der Waals surface area (Å²) >= 11 is 0. The third kappa shape index (κ3) is 4.25. The topological polar surface area (TPSA) is 52.9 Å². The predicted molar refractivity (Wildman–Crippen MR) is 74.8 cm³/mol. The molecule has 0 fully saturated rings. The smallest absolute Gasteiger partial charge is 0.303 e. The van der Waals surface area contributed by atoms with Crippen molar-refractivity contribution in [2.24, 2.45) is 5.10 Å². The van der Waals surface area contributed by atoms with Crippen molar-refractivity contribution in [2.75, 3.05) is 0 Å². The highest BCUT2D eigenvalue weighted by Gasteiger charge is 2.08. The van der Waals surface area contributed by atoms with Crippen molar-refractivity contribution in [3.63, 3.8) is 0 Å². The van der Waals surface area contributed by atoms with Crippen molar-refractivity contribution in [3.05, 3.63) is 47.7 Å². The number of aliphatic carboxylic acids is 1. The van der Waals surface area contributed by atoms with Gasteiger partial charge in [0.05, 0.1) is 12.8 Å². The fraction of sp³-hybridized carbons (Fsp3) is 0.333. The Morgan fingerprint density at radius 2 is 2.21 bits per heavy atom. The summed E-state index contributed by atoms with van der Waals surface area (Å²) in [4.78, 5) is 10.4. The van der Waals surface area contributed by atoms with Gasteiger partial charge in [0.1, 0.15) is 0 Å². The molecule has 0 saturated heterocycles. The number of rotatable bonds is 6. The molecule has 1 aliphatic heterocycles. The van der Waals surface area contributed by atoms with Crippen LogP contribution in [0.15, 0.2) is 41.6 Å². The fourth-order valence-corrected chi connectivity index (χ4v) is 1.98. The molecule has 2 rings (SSSR count). The normalized spacial score (nSPS) is 13.8. The Morgan fingerprint density at radius 3 is 3.05 bits per heavy atom. The van der Waals surface area contributed by atoms with Gasteiger partial charge in [0.15, 0.2) is 0 Å². The lowest BCUT2D eigenvalue weighted by Gasteiger charge is -2.20. The van der Waals surface area contributed by atoms with E-state index in [0.29, 0.717) is 0 Å². The molecular weight excluding hydrogens is 240 g/mol. The molecule has 1 aliphatic rings. The van der Waals surface area contributed by atoms with E-state index in [1.165, 1.54) is 11.1 Å². The van der Waals surface area contributed by atoms with Gasteiger partial charge < -0.3 is 5.11 Å². The maximum Gasteiger partial charge on any atom is 0.303 e. The number of hydrogen-bond donors (Lipinski definition) is 1. The highest BCUT2D eigenvalue weighted by Crippen LogP contribution is 2.15. The van der Waals surface area contributed by atoms with Gasteiger partial charge in [0.2, 0.25) is 0 Å². The molecule has 0 amide bonds. The minimum absolute atomic E-state index is 0.253. The van der Waals surface area contributed by atoms with Crippen LogP contribution in [0.1, 0.15) is 36.8 Å². The van der Waals surface area contributed by atoms with Crippen molar-refractivity contribution in [1.82, 2.24) is 5.01 Å². The lowest BCUT2D eigenvalue weighted by molar-refractivity contribution is -0.137. The van der Waals surface area contributed by atoms with Gasteiger partial charge in [-0.3, -0.25) is 9.80 Å². The summed E-state index contributed by atoms with van der Waals surface area (Å²) in [6, 6.07) is 8.21. The molecule has 0 unspecified atom stereocenters. The Kier molecular flexibility index (Phi) is 4.72. The molecule has 1 aromatic carbocycles. The van der Waals surface area contributed by atoms with E-state index in [1.54, 1.807) is 0 Å². The number of carboxylic acid groups (broad SMARTS) is 1. The Bertz CT molecular complexity index is 495. The number of hydrogen-bond acceptors (Lipinski definition) is 3. The van der Waals surface area contributed by atoms with Crippen molar-refractivity contribution < 1.29 is 9.90 Å². The summed E-state index contributed by atoms with van der Waals surface area (Å²) in [6.07, 6.45) is 8.65. The number of nitrogens with zero attached hydrogens (tertiary/aromatic N) is 2. The molecule has 1 aromatic rings. The van der Waals surface area contributed by atoms with Gasteiger partial charge in [-0.15, -0.1) is 0 Å². The molecule has 4 nitrogen and oxygen atoms in total. The quantitative estimate of drug-likeness (QED) is 0.798. The first-order valence-corrected chi connectivity index (χ1v) is 6.53. The molecule has 19 heavy (non-hydrogen) atoms. The largest absolute Gasteiger partial charge is 0.481 e. The van der Waals surface area contributed by atoms with Gasteiger partial charge in [0.25, 0.3) is 0 Å². The first-order chi connectivity index (χ1) is 9.25. The predicted octanol–water partition coefficient (Wildman–Crippen LogP) is 2.99. The molecule has 0 aliphatic carbocycles. The van der Waals surface area contributed by atoms with Crippen LogP contribution in [0, 0.1) is 0 Å². The summed E-state index contributed by atoms with van der Waals surface area (Å²) in [7, 11) is 0. The minimum Gasteiger partial charge on any atom is -0.481 e. The number of fused-ring (bicyclic) bond motifs is 1. The Labute approximate surface area is 113 Å². The van der Waals surface area contributed by atoms with Crippen LogP contribution in [0.4, 0.5) is 0 Å². The van der Waals surface area contributed by atoms with Gasteiger partial charge in [0, 0.05) is 12.6 Å². The second-order valence-corrected chi connectivity index (χ2v) is 4.57. The van der Waals surface area contributed by atoms with E-state index in [9.17, 15) is 4.79 Å². The molecule has 0 spiro atoms. The molecule has 0 atom stereocenters. The molecule has 4 heteroatoms. The Hall–Kier alpha value is -2.10. The molecule has 0 saturated carbocycles. The molecule has 100 valence electrons. The van der Waals surface area contributed by atoms with Crippen LogP contribution >= 0.6 is 0 Å². The van der Waals surface area contributed by atoms with Crippen LogP contribution in [-0.4, -0.2) is 22.3 Å². The van der Waals surface area contributed by atoms with E-state index < -0.39 is 5.97 Å². The Morgan fingerprint density at radius 1 is 1.37 bits per heavy atom. The van der Waals surface area contributed by atoms with Gasteiger partial charge in [-0.05, 0) is 30.4 Å². The third-order valence-electron chi connectivity index (χ3n) is 3.02. The van der Waals surface area contributed by atoms with Crippen molar-refractivity contribution in [3.8, 4) is 0 Å². The van der Waals surface area contributed by atoms with E-state index in [4.69, 9.17) is 5.11 Å². The standard InChI is InChI=1S/C15H18N2O2/c18-15(19)9-3-1-2-6-10-17-12-14-8-5-4-7-13(14)11-16-17/h4-8,10-11H,1-3,9,12H2,(H,18,19). The number of unbranched alkanes of at least 4 members (excludes halogenated alkanes) is 2. The van der Waals surface area contributed by atoms with Gasteiger partial charge in [-0.1, -0.05) is 30.3 Å². The highest BCUT2D eigenvalue weighted by molar-refractivity contribution is 5.82. The van der Waals surface area contributed by atoms with Gasteiger partial charge >= 0.3 is 5.97 Å². The zero-order valence-corrected chi connectivity index (χ0v) is 10.8. The second kappa shape index (κ2) is 6.73. The maximum absolute atomic E-state index is 10.4. The number of carbonyl (C=O) groups is 1. The third-order valence-corrected chi connectivity index (χ3v) is 3.02. The van der Waals surface area contributed by atoms with E-state index in [1.807, 2.05) is 35.6 Å². The fourth-order valence-electron chi connectivity index (χ4n) is 1.98. The van der Waals surface area contributed by atoms with Crippen LogP contribution in [-0.2, 0) is 11.3 Å². The van der Waals surface area contributed by atoms with E-state index in [-0.39, 0.29) is 6.42 Å². The van der Waals surface area contributed by atoms with Gasteiger partial charge in [-0.2, -0.15) is 5.10 Å². The SMILES string of the molecule is O=C(O)CCCCC=CN1Cc2ccccc2C=N1. The molecule has 1 N–H and O–H groups in total. The second-order valence-electron chi connectivity index (χ2n) is 4.57. The van der Waals surface area contributed by atoms with Crippen LogP contribution in [0.25, 0.3) is 0 Å². The average Bonchev–Trinajstić information content (AvgIpc) is 2.42. The monoisotopic (exact) mass is 258 g/mol. The average molecular weight is 258 g/mol.